The molecule has 2 unspecified atom stereocenters. The Bertz CT molecular complexity index is 243. The molecule has 0 spiro atoms. The first-order chi connectivity index (χ1) is 7.66. The summed E-state index contributed by atoms with van der Waals surface area (Å²) >= 11 is 0. The summed E-state index contributed by atoms with van der Waals surface area (Å²) in [5, 5.41) is 0. The van der Waals surface area contributed by atoms with Crippen LogP contribution in [-0.2, 0) is 4.79 Å². The molecule has 2 fully saturated rings. The van der Waals surface area contributed by atoms with E-state index >= 15 is 0 Å². The van der Waals surface area contributed by atoms with Crippen LogP contribution in [0.15, 0.2) is 0 Å². The SMILES string of the molecule is NC(=O)CCCN1C2CCCC1CC(N)C2. The van der Waals surface area contributed by atoms with E-state index in [9.17, 15) is 4.79 Å². The lowest BCUT2D eigenvalue weighted by molar-refractivity contribution is -0.118. The number of rotatable bonds is 4. The molecule has 2 aliphatic rings. The van der Waals surface area contributed by atoms with Crippen LogP contribution in [0, 0.1) is 0 Å². The van der Waals surface area contributed by atoms with Crippen LogP contribution in [0.1, 0.15) is 44.9 Å². The highest BCUT2D eigenvalue weighted by Crippen LogP contribution is 2.33. The highest BCUT2D eigenvalue weighted by Gasteiger charge is 2.36. The van der Waals surface area contributed by atoms with E-state index in [1.807, 2.05) is 0 Å². The van der Waals surface area contributed by atoms with Crippen molar-refractivity contribution in [1.82, 2.24) is 4.90 Å². The van der Waals surface area contributed by atoms with Crippen LogP contribution in [0.25, 0.3) is 0 Å². The molecule has 2 bridgehead atoms. The van der Waals surface area contributed by atoms with E-state index in [1.54, 1.807) is 0 Å². The molecule has 4 heteroatoms. The van der Waals surface area contributed by atoms with Crippen LogP contribution in [0.2, 0.25) is 0 Å². The van der Waals surface area contributed by atoms with Crippen molar-refractivity contribution in [2.45, 2.75) is 63.1 Å². The Morgan fingerprint density at radius 1 is 1.25 bits per heavy atom. The molecule has 4 N–H and O–H groups in total. The van der Waals surface area contributed by atoms with E-state index < -0.39 is 0 Å². The Labute approximate surface area is 97.3 Å². The molecule has 0 aromatic heterocycles. The van der Waals surface area contributed by atoms with Gasteiger partial charge in [0, 0.05) is 24.5 Å². The number of hydrogen-bond donors (Lipinski definition) is 2. The molecule has 2 rings (SSSR count). The summed E-state index contributed by atoms with van der Waals surface area (Å²) in [6.07, 6.45) is 7.58. The molecule has 0 radical (unpaired) electrons. The third-order valence-electron chi connectivity index (χ3n) is 4.00. The molecule has 0 aliphatic carbocycles. The minimum Gasteiger partial charge on any atom is -0.370 e. The number of fused-ring (bicyclic) bond motifs is 2. The number of hydrogen-bond acceptors (Lipinski definition) is 3. The fourth-order valence-electron chi connectivity index (χ4n) is 3.32. The van der Waals surface area contributed by atoms with Gasteiger partial charge in [0.25, 0.3) is 0 Å². The summed E-state index contributed by atoms with van der Waals surface area (Å²) in [6.45, 7) is 1.02. The molecular weight excluding hydrogens is 202 g/mol. The monoisotopic (exact) mass is 225 g/mol. The van der Waals surface area contributed by atoms with E-state index in [0.717, 1.165) is 25.8 Å². The summed E-state index contributed by atoms with van der Waals surface area (Å²) in [4.78, 5) is 13.3. The van der Waals surface area contributed by atoms with Crippen molar-refractivity contribution in [3.05, 3.63) is 0 Å². The summed E-state index contributed by atoms with van der Waals surface area (Å²) in [5.41, 5.74) is 11.2. The largest absolute Gasteiger partial charge is 0.370 e. The average Bonchev–Trinajstić information content (AvgIpc) is 2.18. The number of nitrogens with two attached hydrogens (primary N) is 2. The van der Waals surface area contributed by atoms with Crippen molar-refractivity contribution in [3.8, 4) is 0 Å². The zero-order valence-corrected chi connectivity index (χ0v) is 9.90. The van der Waals surface area contributed by atoms with Crippen molar-refractivity contribution in [3.63, 3.8) is 0 Å². The summed E-state index contributed by atoms with van der Waals surface area (Å²) in [5.74, 6) is -0.182. The molecule has 2 aliphatic heterocycles. The van der Waals surface area contributed by atoms with Gasteiger partial charge in [-0.1, -0.05) is 6.42 Å². The Kier molecular flexibility index (Phi) is 3.82. The van der Waals surface area contributed by atoms with Crippen molar-refractivity contribution < 1.29 is 4.79 Å². The van der Waals surface area contributed by atoms with Gasteiger partial charge in [-0.2, -0.15) is 0 Å². The van der Waals surface area contributed by atoms with E-state index in [4.69, 9.17) is 11.5 Å². The summed E-state index contributed by atoms with van der Waals surface area (Å²) in [6, 6.07) is 1.72. The number of amides is 1. The van der Waals surface area contributed by atoms with Crippen molar-refractivity contribution in [2.24, 2.45) is 11.5 Å². The van der Waals surface area contributed by atoms with Crippen molar-refractivity contribution in [1.29, 1.82) is 0 Å². The van der Waals surface area contributed by atoms with Crippen LogP contribution in [0.5, 0.6) is 0 Å². The van der Waals surface area contributed by atoms with Crippen LogP contribution in [0.4, 0.5) is 0 Å². The van der Waals surface area contributed by atoms with Gasteiger partial charge in [-0.15, -0.1) is 0 Å². The molecule has 1 amide bonds. The average molecular weight is 225 g/mol. The number of carbonyl (C=O) groups excluding carboxylic acids is 1. The molecule has 16 heavy (non-hydrogen) atoms. The molecule has 2 atom stereocenters. The maximum Gasteiger partial charge on any atom is 0.217 e. The Balaban J connectivity index is 1.85. The van der Waals surface area contributed by atoms with Gasteiger partial charge in [0.1, 0.15) is 0 Å². The normalized spacial score (nSPS) is 34.9. The Morgan fingerprint density at radius 3 is 2.44 bits per heavy atom. The second-order valence-corrected chi connectivity index (χ2v) is 5.28. The van der Waals surface area contributed by atoms with Gasteiger partial charge in [-0.3, -0.25) is 9.69 Å². The van der Waals surface area contributed by atoms with Crippen LogP contribution < -0.4 is 11.5 Å². The maximum atomic E-state index is 10.7. The third-order valence-corrected chi connectivity index (χ3v) is 4.00. The highest BCUT2D eigenvalue weighted by molar-refractivity contribution is 5.73. The zero-order chi connectivity index (χ0) is 11.5. The maximum absolute atomic E-state index is 10.7. The fraction of sp³-hybridized carbons (Fsp3) is 0.917. The first-order valence-corrected chi connectivity index (χ1v) is 6.46. The zero-order valence-electron chi connectivity index (χ0n) is 9.90. The Hall–Kier alpha value is -0.610. The van der Waals surface area contributed by atoms with E-state index in [0.29, 0.717) is 24.5 Å². The predicted molar refractivity (Wildman–Crippen MR) is 63.8 cm³/mol. The van der Waals surface area contributed by atoms with Gasteiger partial charge in [-0.25, -0.2) is 0 Å². The molecule has 2 saturated heterocycles. The minimum absolute atomic E-state index is 0.182. The van der Waals surface area contributed by atoms with Gasteiger partial charge < -0.3 is 11.5 Å². The highest BCUT2D eigenvalue weighted by atomic mass is 16.1. The number of nitrogens with zero attached hydrogens (tertiary/aromatic N) is 1. The molecule has 0 aromatic carbocycles. The van der Waals surface area contributed by atoms with E-state index in [2.05, 4.69) is 4.90 Å². The van der Waals surface area contributed by atoms with E-state index in [1.165, 1.54) is 19.3 Å². The fourth-order valence-corrected chi connectivity index (χ4v) is 3.32. The van der Waals surface area contributed by atoms with Gasteiger partial charge in [0.2, 0.25) is 5.91 Å². The quantitative estimate of drug-likeness (QED) is 0.735. The molecule has 0 aromatic rings. The molecule has 0 saturated carbocycles. The number of piperidine rings is 2. The third kappa shape index (κ3) is 2.74. The molecule has 92 valence electrons. The van der Waals surface area contributed by atoms with Crippen LogP contribution in [0.3, 0.4) is 0 Å². The van der Waals surface area contributed by atoms with Crippen LogP contribution >= 0.6 is 0 Å². The number of carbonyl (C=O) groups is 1. The van der Waals surface area contributed by atoms with Crippen molar-refractivity contribution >= 4 is 5.91 Å². The first kappa shape index (κ1) is 11.9. The Morgan fingerprint density at radius 2 is 1.88 bits per heavy atom. The summed E-state index contributed by atoms with van der Waals surface area (Å²) in [7, 11) is 0. The first-order valence-electron chi connectivity index (χ1n) is 6.46. The second-order valence-electron chi connectivity index (χ2n) is 5.28. The minimum atomic E-state index is -0.182. The second kappa shape index (κ2) is 5.15. The lowest BCUT2D eigenvalue weighted by Gasteiger charge is -2.48. The van der Waals surface area contributed by atoms with Gasteiger partial charge in [0.15, 0.2) is 0 Å². The smallest absolute Gasteiger partial charge is 0.217 e. The van der Waals surface area contributed by atoms with Crippen LogP contribution in [-0.4, -0.2) is 35.5 Å². The molecule has 2 heterocycles. The lowest BCUT2D eigenvalue weighted by atomic mass is 9.82. The topological polar surface area (TPSA) is 72.4 Å². The number of primary amides is 1. The van der Waals surface area contributed by atoms with Crippen molar-refractivity contribution in [2.75, 3.05) is 6.54 Å². The molecule has 4 nitrogen and oxygen atoms in total. The van der Waals surface area contributed by atoms with Gasteiger partial charge >= 0.3 is 0 Å². The van der Waals surface area contributed by atoms with Gasteiger partial charge in [-0.05, 0) is 38.6 Å². The predicted octanol–water partition coefficient (Wildman–Crippen LogP) is 0.596. The molecular formula is C12H23N3O. The van der Waals surface area contributed by atoms with E-state index in [-0.39, 0.29) is 5.91 Å². The van der Waals surface area contributed by atoms with Gasteiger partial charge in [0.05, 0.1) is 0 Å². The standard InChI is InChI=1S/C12H23N3O/c13-9-7-10-3-1-4-11(8-9)15(10)6-2-5-12(14)16/h9-11H,1-8,13H2,(H2,14,16). The lowest BCUT2D eigenvalue weighted by Crippen LogP contribution is -2.55. The summed E-state index contributed by atoms with van der Waals surface area (Å²) < 4.78 is 0.